The third-order valence-electron chi connectivity index (χ3n) is 2.74. The molecule has 5 nitrogen and oxygen atoms in total. The van der Waals surface area contributed by atoms with Gasteiger partial charge in [0.05, 0.1) is 11.4 Å². The number of nitrogens with zero attached hydrogens (tertiary/aromatic N) is 3. The summed E-state index contributed by atoms with van der Waals surface area (Å²) in [4.78, 5) is 4.39. The molecule has 0 unspecified atom stereocenters. The van der Waals surface area contributed by atoms with Crippen LogP contribution in [0.4, 0.5) is 0 Å². The molecule has 0 saturated carbocycles. The fourth-order valence-electron chi connectivity index (χ4n) is 1.76. The van der Waals surface area contributed by atoms with Gasteiger partial charge in [-0.15, -0.1) is 5.10 Å². The van der Waals surface area contributed by atoms with E-state index in [1.54, 1.807) is 0 Å². The van der Waals surface area contributed by atoms with Gasteiger partial charge >= 0.3 is 0 Å². The molecule has 2 heterocycles. The van der Waals surface area contributed by atoms with Crippen molar-refractivity contribution in [2.45, 2.75) is 17.8 Å². The van der Waals surface area contributed by atoms with E-state index in [2.05, 4.69) is 20.3 Å². The molecule has 1 N–H and O–H groups in total. The van der Waals surface area contributed by atoms with Crippen LogP contribution >= 0.6 is 11.8 Å². The Hall–Kier alpha value is -2.34. The van der Waals surface area contributed by atoms with Crippen LogP contribution in [-0.4, -0.2) is 20.3 Å². The fraction of sp³-hybridized carbons (Fsp3) is 0.133. The minimum absolute atomic E-state index is 0.667. The van der Waals surface area contributed by atoms with E-state index in [0.29, 0.717) is 10.9 Å². The van der Waals surface area contributed by atoms with E-state index in [-0.39, 0.29) is 0 Å². The maximum absolute atomic E-state index is 5.15. The van der Waals surface area contributed by atoms with Gasteiger partial charge in [0.1, 0.15) is 11.6 Å². The lowest BCUT2D eigenvalue weighted by molar-refractivity contribution is 0.391. The number of hydrogen-bond acceptors (Lipinski definition) is 5. The van der Waals surface area contributed by atoms with Crippen molar-refractivity contribution in [2.24, 2.45) is 0 Å². The van der Waals surface area contributed by atoms with Crippen LogP contribution in [0.15, 0.2) is 46.1 Å². The minimum atomic E-state index is 0.667. The van der Waals surface area contributed by atoms with Crippen molar-refractivity contribution in [2.75, 3.05) is 0 Å². The van der Waals surface area contributed by atoms with Crippen LogP contribution in [0.25, 0.3) is 12.2 Å². The molecule has 21 heavy (non-hydrogen) atoms. The number of H-pyrrole nitrogens is 1. The molecule has 3 aromatic rings. The number of aromatic nitrogens is 4. The van der Waals surface area contributed by atoms with Crippen LogP contribution in [0.5, 0.6) is 0 Å². The average molecular weight is 298 g/mol. The standard InChI is InChI=1S/C15H14N4OS/c1-11-9-13(20-19-11)10-21-15-16-14(17-18-15)8-7-12-5-3-2-4-6-12/h2-9H,10H2,1H3,(H,16,17,18)/b8-7+. The highest BCUT2D eigenvalue weighted by molar-refractivity contribution is 7.98. The molecule has 1 aromatic carbocycles. The highest BCUT2D eigenvalue weighted by Crippen LogP contribution is 2.19. The van der Waals surface area contributed by atoms with Gasteiger partial charge in [-0.25, -0.2) is 4.98 Å². The first-order valence-electron chi connectivity index (χ1n) is 6.50. The van der Waals surface area contributed by atoms with Crippen LogP contribution in [0, 0.1) is 6.92 Å². The Morgan fingerprint density at radius 1 is 1.24 bits per heavy atom. The van der Waals surface area contributed by atoms with Crippen molar-refractivity contribution >= 4 is 23.9 Å². The number of rotatable bonds is 5. The van der Waals surface area contributed by atoms with Crippen molar-refractivity contribution in [1.29, 1.82) is 0 Å². The van der Waals surface area contributed by atoms with Gasteiger partial charge in [0.15, 0.2) is 0 Å². The van der Waals surface area contributed by atoms with Gasteiger partial charge < -0.3 is 4.52 Å². The predicted molar refractivity (Wildman–Crippen MR) is 82.6 cm³/mol. The second kappa shape index (κ2) is 6.41. The molecule has 0 radical (unpaired) electrons. The van der Waals surface area contributed by atoms with Crippen molar-refractivity contribution < 1.29 is 4.52 Å². The Morgan fingerprint density at radius 2 is 2.10 bits per heavy atom. The average Bonchev–Trinajstić information content (AvgIpc) is 3.13. The summed E-state index contributed by atoms with van der Waals surface area (Å²) in [6.07, 6.45) is 3.90. The third-order valence-corrected chi connectivity index (χ3v) is 3.61. The number of hydrogen-bond donors (Lipinski definition) is 1. The summed E-state index contributed by atoms with van der Waals surface area (Å²) in [6, 6.07) is 12.0. The van der Waals surface area contributed by atoms with Crippen molar-refractivity contribution in [3.05, 3.63) is 59.2 Å². The number of aryl methyl sites for hydroxylation is 1. The molecule has 3 rings (SSSR count). The maximum atomic E-state index is 5.15. The summed E-state index contributed by atoms with van der Waals surface area (Å²) < 4.78 is 5.15. The largest absolute Gasteiger partial charge is 0.360 e. The Morgan fingerprint density at radius 3 is 2.86 bits per heavy atom. The van der Waals surface area contributed by atoms with E-state index < -0.39 is 0 Å². The van der Waals surface area contributed by atoms with Crippen LogP contribution in [0.2, 0.25) is 0 Å². The molecular formula is C15H14N4OS. The first kappa shape index (κ1) is 13.6. The zero-order valence-corrected chi connectivity index (χ0v) is 12.3. The van der Waals surface area contributed by atoms with E-state index in [9.17, 15) is 0 Å². The monoisotopic (exact) mass is 298 g/mol. The lowest BCUT2D eigenvalue weighted by atomic mass is 10.2. The summed E-state index contributed by atoms with van der Waals surface area (Å²) >= 11 is 1.51. The van der Waals surface area contributed by atoms with Crippen LogP contribution in [-0.2, 0) is 5.75 Å². The number of benzene rings is 1. The van der Waals surface area contributed by atoms with Gasteiger partial charge in [0.2, 0.25) is 5.16 Å². The second-order valence-electron chi connectivity index (χ2n) is 4.47. The molecule has 0 saturated heterocycles. The fourth-order valence-corrected chi connectivity index (χ4v) is 2.44. The van der Waals surface area contributed by atoms with Gasteiger partial charge in [-0.2, -0.15) is 0 Å². The van der Waals surface area contributed by atoms with Crippen molar-refractivity contribution in [3.63, 3.8) is 0 Å². The van der Waals surface area contributed by atoms with Gasteiger partial charge in [-0.1, -0.05) is 53.3 Å². The quantitative estimate of drug-likeness (QED) is 0.729. The van der Waals surface area contributed by atoms with E-state index in [0.717, 1.165) is 22.8 Å². The molecule has 0 aliphatic heterocycles. The molecule has 0 aliphatic rings. The van der Waals surface area contributed by atoms with E-state index >= 15 is 0 Å². The Balaban J connectivity index is 1.60. The number of aromatic amines is 1. The van der Waals surface area contributed by atoms with Crippen LogP contribution in [0.1, 0.15) is 22.8 Å². The van der Waals surface area contributed by atoms with Crippen LogP contribution < -0.4 is 0 Å². The lowest BCUT2D eigenvalue weighted by Gasteiger charge is -1.90. The summed E-state index contributed by atoms with van der Waals surface area (Å²) in [7, 11) is 0. The number of nitrogens with one attached hydrogen (secondary N) is 1. The molecular weight excluding hydrogens is 284 g/mol. The van der Waals surface area contributed by atoms with Gasteiger partial charge in [0.25, 0.3) is 0 Å². The summed E-state index contributed by atoms with van der Waals surface area (Å²) in [5.41, 5.74) is 2.01. The minimum Gasteiger partial charge on any atom is -0.360 e. The maximum Gasteiger partial charge on any atom is 0.209 e. The van der Waals surface area contributed by atoms with Gasteiger partial charge in [-0.3, -0.25) is 5.10 Å². The Kier molecular flexibility index (Phi) is 4.16. The lowest BCUT2D eigenvalue weighted by Crippen LogP contribution is -1.78. The van der Waals surface area contributed by atoms with E-state index in [1.165, 1.54) is 11.8 Å². The van der Waals surface area contributed by atoms with Gasteiger partial charge in [-0.05, 0) is 18.6 Å². The van der Waals surface area contributed by atoms with Crippen LogP contribution in [0.3, 0.4) is 0 Å². The van der Waals surface area contributed by atoms with Gasteiger partial charge in [0, 0.05) is 6.07 Å². The molecule has 0 bridgehead atoms. The second-order valence-corrected chi connectivity index (χ2v) is 5.41. The summed E-state index contributed by atoms with van der Waals surface area (Å²) in [6.45, 7) is 1.90. The van der Waals surface area contributed by atoms with E-state index in [4.69, 9.17) is 4.52 Å². The first-order chi connectivity index (χ1) is 10.3. The highest BCUT2D eigenvalue weighted by atomic mass is 32.2. The smallest absolute Gasteiger partial charge is 0.209 e. The molecule has 0 atom stereocenters. The van der Waals surface area contributed by atoms with Crippen molar-refractivity contribution in [1.82, 2.24) is 20.3 Å². The first-order valence-corrected chi connectivity index (χ1v) is 7.49. The number of thioether (sulfide) groups is 1. The van der Waals surface area contributed by atoms with E-state index in [1.807, 2.05) is 55.5 Å². The molecule has 0 spiro atoms. The SMILES string of the molecule is Cc1cc(CSc2n[nH]c(/C=C/c3ccccc3)n2)on1. The molecule has 2 aromatic heterocycles. The molecule has 0 amide bonds. The van der Waals surface area contributed by atoms with Crippen molar-refractivity contribution in [3.8, 4) is 0 Å². The topological polar surface area (TPSA) is 67.6 Å². The summed E-state index contributed by atoms with van der Waals surface area (Å²) in [5.74, 6) is 2.22. The molecule has 0 fully saturated rings. The third kappa shape index (κ3) is 3.82. The Bertz CT molecular complexity index is 733. The molecule has 6 heteroatoms. The predicted octanol–water partition coefficient (Wildman–Crippen LogP) is 3.56. The normalized spacial score (nSPS) is 11.3. The zero-order valence-electron chi connectivity index (χ0n) is 11.5. The Labute approximate surface area is 126 Å². The zero-order chi connectivity index (χ0) is 14.5. The summed E-state index contributed by atoms with van der Waals surface area (Å²) in [5, 5.41) is 11.6. The molecule has 106 valence electrons. The molecule has 0 aliphatic carbocycles. The highest BCUT2D eigenvalue weighted by Gasteiger charge is 2.05.